The van der Waals surface area contributed by atoms with Gasteiger partial charge < -0.3 is 21.3 Å². The monoisotopic (exact) mass is 535 g/mol. The fraction of sp³-hybridized carbons (Fsp3) is 0.550. The highest BCUT2D eigenvalue weighted by Gasteiger charge is 2.23. The number of carbonyl (C=O) groups excluding carboxylic acids is 2. The largest absolute Gasteiger partial charge is 0.370 e. The Hall–Kier alpha value is -1.55. The van der Waals surface area contributed by atoms with Gasteiger partial charge in [-0.3, -0.25) is 14.6 Å². The molecule has 1 aliphatic heterocycles. The number of guanidine groups is 1. The first-order valence-electron chi connectivity index (χ1n) is 9.85. The van der Waals surface area contributed by atoms with Crippen LogP contribution < -0.4 is 16.4 Å². The molecule has 0 aromatic heterocycles. The van der Waals surface area contributed by atoms with Crippen LogP contribution in [0.15, 0.2) is 29.3 Å². The van der Waals surface area contributed by atoms with Crippen LogP contribution in [0.25, 0.3) is 0 Å². The van der Waals surface area contributed by atoms with E-state index < -0.39 is 0 Å². The SMILES string of the molecule is CCNC(=NCCCC(=O)Nc1ccc(Cl)cc1)N1CCCC(CC(N)=O)C1.I. The third-order valence-electron chi connectivity index (χ3n) is 4.59. The third-order valence-corrected chi connectivity index (χ3v) is 4.85. The molecule has 1 atom stereocenters. The van der Waals surface area contributed by atoms with Crippen molar-refractivity contribution in [1.29, 1.82) is 0 Å². The van der Waals surface area contributed by atoms with E-state index in [0.29, 0.717) is 30.8 Å². The summed E-state index contributed by atoms with van der Waals surface area (Å²) >= 11 is 5.84. The first-order valence-corrected chi connectivity index (χ1v) is 10.2. The molecule has 1 aliphatic rings. The third kappa shape index (κ3) is 9.66. The lowest BCUT2D eigenvalue weighted by Crippen LogP contribution is -2.47. The predicted octanol–water partition coefficient (Wildman–Crippen LogP) is 3.23. The molecule has 1 saturated heterocycles. The van der Waals surface area contributed by atoms with Crippen molar-refractivity contribution in [2.45, 2.75) is 39.0 Å². The van der Waals surface area contributed by atoms with Gasteiger partial charge in [0.2, 0.25) is 11.8 Å². The second-order valence-corrected chi connectivity index (χ2v) is 7.46. The minimum absolute atomic E-state index is 0. The molecule has 2 rings (SSSR count). The molecule has 2 amide bonds. The Labute approximate surface area is 194 Å². The van der Waals surface area contributed by atoms with Crippen molar-refractivity contribution in [3.63, 3.8) is 0 Å². The molecule has 0 aliphatic carbocycles. The van der Waals surface area contributed by atoms with E-state index in [4.69, 9.17) is 17.3 Å². The van der Waals surface area contributed by atoms with Crippen molar-refractivity contribution in [3.05, 3.63) is 29.3 Å². The predicted molar refractivity (Wildman–Crippen MR) is 129 cm³/mol. The summed E-state index contributed by atoms with van der Waals surface area (Å²) in [5.74, 6) is 0.831. The van der Waals surface area contributed by atoms with E-state index in [0.717, 1.165) is 44.1 Å². The van der Waals surface area contributed by atoms with Crippen LogP contribution in [0.4, 0.5) is 5.69 Å². The van der Waals surface area contributed by atoms with Gasteiger partial charge >= 0.3 is 0 Å². The molecule has 0 spiro atoms. The van der Waals surface area contributed by atoms with Gasteiger partial charge in [-0.1, -0.05) is 11.6 Å². The average molecular weight is 536 g/mol. The van der Waals surface area contributed by atoms with Crippen LogP contribution in [0, 0.1) is 5.92 Å². The van der Waals surface area contributed by atoms with Crippen LogP contribution in [0.5, 0.6) is 0 Å². The number of piperidine rings is 1. The van der Waals surface area contributed by atoms with Crippen LogP contribution in [0.3, 0.4) is 0 Å². The van der Waals surface area contributed by atoms with Crippen LogP contribution in [0.2, 0.25) is 5.02 Å². The number of primary amides is 1. The molecule has 1 unspecified atom stereocenters. The fourth-order valence-corrected chi connectivity index (χ4v) is 3.44. The van der Waals surface area contributed by atoms with Gasteiger partial charge in [-0.25, -0.2) is 0 Å². The summed E-state index contributed by atoms with van der Waals surface area (Å²) in [5, 5.41) is 6.80. The Morgan fingerprint density at radius 1 is 1.31 bits per heavy atom. The van der Waals surface area contributed by atoms with Gasteiger partial charge in [0.25, 0.3) is 0 Å². The maximum Gasteiger partial charge on any atom is 0.224 e. The molecule has 0 bridgehead atoms. The molecular formula is C20H31ClIN5O2. The number of benzene rings is 1. The number of aliphatic imine (C=N–C) groups is 1. The van der Waals surface area contributed by atoms with E-state index >= 15 is 0 Å². The van der Waals surface area contributed by atoms with Gasteiger partial charge in [0.1, 0.15) is 0 Å². The molecule has 1 fully saturated rings. The molecule has 0 radical (unpaired) electrons. The Kier molecular flexibility index (Phi) is 12.0. The summed E-state index contributed by atoms with van der Waals surface area (Å²) in [6.07, 6.45) is 3.51. The lowest BCUT2D eigenvalue weighted by molar-refractivity contribution is -0.119. The highest BCUT2D eigenvalue weighted by Crippen LogP contribution is 2.19. The van der Waals surface area contributed by atoms with E-state index in [2.05, 4.69) is 20.5 Å². The lowest BCUT2D eigenvalue weighted by Gasteiger charge is -2.34. The van der Waals surface area contributed by atoms with Crippen LogP contribution in [0.1, 0.15) is 39.0 Å². The zero-order chi connectivity index (χ0) is 20.4. The van der Waals surface area contributed by atoms with Gasteiger partial charge in [0.15, 0.2) is 5.96 Å². The minimum atomic E-state index is -0.250. The standard InChI is InChI=1S/C20H30ClN5O2.HI/c1-2-23-20(26-12-4-5-15(14-26)13-18(22)27)24-11-3-6-19(28)25-17-9-7-16(21)8-10-17;/h7-10,15H,2-6,11-14H2,1H3,(H2,22,27)(H,23,24)(H,25,28);1H. The number of halogens is 2. The molecule has 29 heavy (non-hydrogen) atoms. The zero-order valence-electron chi connectivity index (χ0n) is 16.8. The Morgan fingerprint density at radius 2 is 2.03 bits per heavy atom. The van der Waals surface area contributed by atoms with Crippen molar-refractivity contribution in [2.75, 3.05) is 31.5 Å². The first-order chi connectivity index (χ1) is 13.5. The molecule has 1 aromatic rings. The number of amides is 2. The van der Waals surface area contributed by atoms with Crippen molar-refractivity contribution >= 4 is 59.0 Å². The summed E-state index contributed by atoms with van der Waals surface area (Å²) in [7, 11) is 0. The topological polar surface area (TPSA) is 99.8 Å². The Balaban J connectivity index is 0.00000420. The number of likely N-dealkylation sites (tertiary alicyclic amines) is 1. The maximum atomic E-state index is 12.1. The van der Waals surface area contributed by atoms with E-state index in [-0.39, 0.29) is 41.7 Å². The average Bonchev–Trinajstić information content (AvgIpc) is 2.66. The first kappa shape index (κ1) is 25.5. The van der Waals surface area contributed by atoms with Gasteiger partial charge in [-0.2, -0.15) is 0 Å². The van der Waals surface area contributed by atoms with Gasteiger partial charge in [-0.15, -0.1) is 24.0 Å². The molecule has 1 aromatic carbocycles. The molecule has 1 heterocycles. The van der Waals surface area contributed by atoms with Crippen molar-refractivity contribution < 1.29 is 9.59 Å². The molecule has 9 heteroatoms. The number of rotatable bonds is 8. The van der Waals surface area contributed by atoms with Crippen molar-refractivity contribution in [1.82, 2.24) is 10.2 Å². The highest BCUT2D eigenvalue weighted by atomic mass is 127. The van der Waals surface area contributed by atoms with Crippen LogP contribution >= 0.6 is 35.6 Å². The number of hydrogen-bond acceptors (Lipinski definition) is 3. The Morgan fingerprint density at radius 3 is 2.69 bits per heavy atom. The number of nitrogens with two attached hydrogens (primary N) is 1. The fourth-order valence-electron chi connectivity index (χ4n) is 3.32. The zero-order valence-corrected chi connectivity index (χ0v) is 19.9. The number of carbonyl (C=O) groups is 2. The van der Waals surface area contributed by atoms with Crippen molar-refractivity contribution in [2.24, 2.45) is 16.6 Å². The number of hydrogen-bond donors (Lipinski definition) is 3. The lowest BCUT2D eigenvalue weighted by atomic mass is 9.95. The Bertz CT molecular complexity index is 684. The van der Waals surface area contributed by atoms with Gasteiger partial charge in [0.05, 0.1) is 0 Å². The summed E-state index contributed by atoms with van der Waals surface area (Å²) in [6, 6.07) is 7.05. The number of nitrogens with one attached hydrogen (secondary N) is 2. The molecule has 4 N–H and O–H groups in total. The van der Waals surface area contributed by atoms with Gasteiger partial charge in [0, 0.05) is 49.7 Å². The van der Waals surface area contributed by atoms with Crippen LogP contribution in [-0.4, -0.2) is 48.9 Å². The summed E-state index contributed by atoms with van der Waals surface area (Å²) in [6.45, 7) is 5.06. The summed E-state index contributed by atoms with van der Waals surface area (Å²) in [5.41, 5.74) is 6.08. The highest BCUT2D eigenvalue weighted by molar-refractivity contribution is 14.0. The molecule has 0 saturated carbocycles. The van der Waals surface area contributed by atoms with Crippen molar-refractivity contribution in [3.8, 4) is 0 Å². The van der Waals surface area contributed by atoms with E-state index in [9.17, 15) is 9.59 Å². The smallest absolute Gasteiger partial charge is 0.224 e. The normalized spacial score (nSPS) is 16.7. The minimum Gasteiger partial charge on any atom is -0.370 e. The molecular weight excluding hydrogens is 505 g/mol. The van der Waals surface area contributed by atoms with E-state index in [1.54, 1.807) is 24.3 Å². The molecule has 162 valence electrons. The van der Waals surface area contributed by atoms with E-state index in [1.165, 1.54) is 0 Å². The van der Waals surface area contributed by atoms with E-state index in [1.807, 2.05) is 6.92 Å². The number of anilines is 1. The number of nitrogens with zero attached hydrogens (tertiary/aromatic N) is 2. The quantitative estimate of drug-likeness (QED) is 0.206. The maximum absolute atomic E-state index is 12.1. The second-order valence-electron chi connectivity index (χ2n) is 7.02. The van der Waals surface area contributed by atoms with Gasteiger partial charge in [-0.05, 0) is 56.4 Å². The summed E-state index contributed by atoms with van der Waals surface area (Å²) in [4.78, 5) is 30.1. The molecule has 7 nitrogen and oxygen atoms in total. The second kappa shape index (κ2) is 13.6. The van der Waals surface area contributed by atoms with Crippen LogP contribution in [-0.2, 0) is 9.59 Å². The summed E-state index contributed by atoms with van der Waals surface area (Å²) < 4.78 is 0.